The lowest BCUT2D eigenvalue weighted by Gasteiger charge is -2.29. The van der Waals surface area contributed by atoms with Crippen LogP contribution in [0.2, 0.25) is 0 Å². The number of carbonyl (C=O) groups is 2. The topological polar surface area (TPSA) is 110 Å². The molecule has 3 rings (SSSR count). The zero-order chi connectivity index (χ0) is 19.8. The van der Waals surface area contributed by atoms with E-state index in [1.54, 1.807) is 0 Å². The van der Waals surface area contributed by atoms with E-state index in [2.05, 4.69) is 5.32 Å². The molecule has 0 radical (unpaired) electrons. The zero-order valence-corrected chi connectivity index (χ0v) is 15.0. The first-order chi connectivity index (χ1) is 12.0. The molecule has 0 bridgehead atoms. The van der Waals surface area contributed by atoms with E-state index >= 15 is 0 Å². The molecule has 1 unspecified atom stereocenters. The van der Waals surface area contributed by atoms with Crippen molar-refractivity contribution in [2.24, 2.45) is 5.41 Å². The third-order valence-corrected chi connectivity index (χ3v) is 4.84. The minimum absolute atomic E-state index is 0.161. The SMILES string of the molecule is CS(=O)O.N#CC1(NC(=O)[C@@H]2CCCN2C(=O)C2(C(F)(F)F)CC2)CC1. The van der Waals surface area contributed by atoms with E-state index in [1.807, 2.05) is 6.07 Å². The molecular formula is C15H20F3N3O4S. The summed E-state index contributed by atoms with van der Waals surface area (Å²) in [5.41, 5.74) is -3.17. The monoisotopic (exact) mass is 395 g/mol. The van der Waals surface area contributed by atoms with Gasteiger partial charge in [-0.15, -0.1) is 0 Å². The summed E-state index contributed by atoms with van der Waals surface area (Å²) in [7, 11) is 0. The number of amides is 2. The molecule has 146 valence electrons. The van der Waals surface area contributed by atoms with Crippen molar-refractivity contribution in [3.63, 3.8) is 0 Å². The molecule has 1 aliphatic heterocycles. The first-order valence-corrected chi connectivity index (χ1v) is 9.63. The van der Waals surface area contributed by atoms with Gasteiger partial charge < -0.3 is 14.8 Å². The Labute approximate surface area is 151 Å². The number of likely N-dealkylation sites (tertiary alicyclic amines) is 1. The van der Waals surface area contributed by atoms with Crippen LogP contribution in [0.5, 0.6) is 0 Å². The van der Waals surface area contributed by atoms with Crippen molar-refractivity contribution in [1.82, 2.24) is 10.2 Å². The second-order valence-electron chi connectivity index (χ2n) is 6.84. The summed E-state index contributed by atoms with van der Waals surface area (Å²) in [4.78, 5) is 25.6. The van der Waals surface area contributed by atoms with Crippen LogP contribution in [0.4, 0.5) is 13.2 Å². The first kappa shape index (κ1) is 20.6. The van der Waals surface area contributed by atoms with Crippen molar-refractivity contribution in [3.8, 4) is 6.07 Å². The molecule has 2 atom stereocenters. The van der Waals surface area contributed by atoms with Gasteiger partial charge in [-0.3, -0.25) is 9.59 Å². The maximum absolute atomic E-state index is 13.1. The second-order valence-corrected chi connectivity index (χ2v) is 7.69. The van der Waals surface area contributed by atoms with E-state index in [1.165, 1.54) is 6.26 Å². The molecular weight excluding hydrogens is 375 g/mol. The quantitative estimate of drug-likeness (QED) is 0.701. The van der Waals surface area contributed by atoms with Crippen LogP contribution in [0.25, 0.3) is 0 Å². The predicted molar refractivity (Wildman–Crippen MR) is 84.9 cm³/mol. The molecule has 3 fully saturated rings. The number of halogens is 3. The number of alkyl halides is 3. The van der Waals surface area contributed by atoms with Crippen LogP contribution in [0.1, 0.15) is 38.5 Å². The molecule has 2 saturated carbocycles. The summed E-state index contributed by atoms with van der Waals surface area (Å²) in [5.74, 6) is -1.50. The molecule has 0 spiro atoms. The van der Waals surface area contributed by atoms with E-state index in [4.69, 9.17) is 14.0 Å². The highest BCUT2D eigenvalue weighted by Gasteiger charge is 2.70. The lowest BCUT2D eigenvalue weighted by Crippen LogP contribution is -2.53. The Bertz CT molecular complexity index is 650. The fourth-order valence-electron chi connectivity index (χ4n) is 3.01. The third-order valence-electron chi connectivity index (χ3n) is 4.84. The highest BCUT2D eigenvalue weighted by molar-refractivity contribution is 7.78. The number of carbonyl (C=O) groups excluding carboxylic acids is 2. The van der Waals surface area contributed by atoms with Gasteiger partial charge in [0.05, 0.1) is 6.07 Å². The lowest BCUT2D eigenvalue weighted by atomic mass is 10.0. The van der Waals surface area contributed by atoms with Crippen molar-refractivity contribution in [2.45, 2.75) is 56.3 Å². The minimum atomic E-state index is -4.57. The summed E-state index contributed by atoms with van der Waals surface area (Å²) in [5, 5.41) is 11.6. The molecule has 1 heterocycles. The third kappa shape index (κ3) is 4.17. The van der Waals surface area contributed by atoms with E-state index in [0.717, 1.165) is 4.90 Å². The zero-order valence-electron chi connectivity index (χ0n) is 14.1. The van der Waals surface area contributed by atoms with Crippen LogP contribution in [0.3, 0.4) is 0 Å². The molecule has 7 nitrogen and oxygen atoms in total. The maximum Gasteiger partial charge on any atom is 0.403 e. The van der Waals surface area contributed by atoms with Crippen LogP contribution in [-0.2, 0) is 20.7 Å². The summed E-state index contributed by atoms with van der Waals surface area (Å²) in [6.45, 7) is 0.161. The average molecular weight is 395 g/mol. The van der Waals surface area contributed by atoms with Gasteiger partial charge in [-0.2, -0.15) is 18.4 Å². The van der Waals surface area contributed by atoms with Gasteiger partial charge in [-0.05, 0) is 38.5 Å². The number of rotatable bonds is 3. The Kier molecular flexibility index (Phi) is 5.68. The van der Waals surface area contributed by atoms with E-state index < -0.39 is 46.1 Å². The van der Waals surface area contributed by atoms with Crippen molar-refractivity contribution >= 4 is 22.9 Å². The summed E-state index contributed by atoms with van der Waals surface area (Å²) < 4.78 is 55.9. The van der Waals surface area contributed by atoms with Gasteiger partial charge in [0.15, 0.2) is 0 Å². The number of nitrogens with one attached hydrogen (secondary N) is 1. The summed E-state index contributed by atoms with van der Waals surface area (Å²) in [6, 6.07) is 1.11. The predicted octanol–water partition coefficient (Wildman–Crippen LogP) is 1.33. The molecule has 0 aromatic carbocycles. The molecule has 3 aliphatic rings. The van der Waals surface area contributed by atoms with Gasteiger partial charge >= 0.3 is 6.18 Å². The number of nitriles is 1. The fourth-order valence-corrected chi connectivity index (χ4v) is 3.01. The van der Waals surface area contributed by atoms with E-state index in [0.29, 0.717) is 25.7 Å². The first-order valence-electron chi connectivity index (χ1n) is 8.12. The Morgan fingerprint density at radius 2 is 1.85 bits per heavy atom. The van der Waals surface area contributed by atoms with Gasteiger partial charge in [-0.25, -0.2) is 4.21 Å². The Morgan fingerprint density at radius 1 is 1.31 bits per heavy atom. The highest BCUT2D eigenvalue weighted by Crippen LogP contribution is 2.59. The normalized spacial score (nSPS) is 26.0. The molecule has 11 heteroatoms. The molecule has 1 saturated heterocycles. The van der Waals surface area contributed by atoms with Crippen LogP contribution in [0, 0.1) is 16.7 Å². The van der Waals surface area contributed by atoms with Crippen LogP contribution < -0.4 is 5.32 Å². The number of nitrogens with zero attached hydrogens (tertiary/aromatic N) is 2. The van der Waals surface area contributed by atoms with Crippen molar-refractivity contribution < 1.29 is 31.5 Å². The largest absolute Gasteiger partial charge is 0.403 e. The summed E-state index contributed by atoms with van der Waals surface area (Å²) in [6.07, 6.45) is -1.86. The van der Waals surface area contributed by atoms with Gasteiger partial charge in [0.25, 0.3) is 0 Å². The van der Waals surface area contributed by atoms with Gasteiger partial charge in [0, 0.05) is 12.8 Å². The van der Waals surface area contributed by atoms with Gasteiger partial charge in [0.2, 0.25) is 11.8 Å². The number of hydrogen-bond donors (Lipinski definition) is 2. The lowest BCUT2D eigenvalue weighted by molar-refractivity contribution is -0.199. The van der Waals surface area contributed by atoms with Crippen molar-refractivity contribution in [2.75, 3.05) is 12.8 Å². The van der Waals surface area contributed by atoms with Gasteiger partial charge in [-0.1, -0.05) is 0 Å². The van der Waals surface area contributed by atoms with Crippen LogP contribution in [-0.4, -0.2) is 56.0 Å². The Morgan fingerprint density at radius 3 is 2.23 bits per heavy atom. The fraction of sp³-hybridized carbons (Fsp3) is 0.800. The molecule has 0 aromatic heterocycles. The average Bonchev–Trinajstić information content (AvgIpc) is 3.43. The van der Waals surface area contributed by atoms with Crippen LogP contribution in [0.15, 0.2) is 0 Å². The smallest absolute Gasteiger partial charge is 0.336 e. The van der Waals surface area contributed by atoms with Gasteiger partial charge in [0.1, 0.15) is 28.1 Å². The maximum atomic E-state index is 13.1. The second kappa shape index (κ2) is 7.15. The Hall–Kier alpha value is -1.67. The molecule has 2 amide bonds. The van der Waals surface area contributed by atoms with E-state index in [9.17, 15) is 22.8 Å². The molecule has 2 N–H and O–H groups in total. The molecule has 2 aliphatic carbocycles. The van der Waals surface area contributed by atoms with Crippen LogP contribution >= 0.6 is 0 Å². The standard InChI is InChI=1S/C14H16F3N3O2.CH4O2S/c15-14(16,17)13(5-6-13)11(22)20-7-1-2-9(20)10(21)19-12(8-18)3-4-12;1-4(2)3/h9H,1-7H2,(H,19,21);1H3,(H,2,3)/t9-;/m0./s1. The molecule has 26 heavy (non-hydrogen) atoms. The highest BCUT2D eigenvalue weighted by atomic mass is 32.2. The Balaban J connectivity index is 0.000000552. The minimum Gasteiger partial charge on any atom is -0.336 e. The van der Waals surface area contributed by atoms with Crippen molar-refractivity contribution in [1.29, 1.82) is 5.26 Å². The van der Waals surface area contributed by atoms with E-state index in [-0.39, 0.29) is 19.4 Å². The molecule has 0 aromatic rings. The van der Waals surface area contributed by atoms with Crippen molar-refractivity contribution in [3.05, 3.63) is 0 Å². The summed E-state index contributed by atoms with van der Waals surface area (Å²) >= 11 is -1.61. The number of hydrogen-bond acceptors (Lipinski definition) is 4.